The zero-order valence-electron chi connectivity index (χ0n) is 18.0. The largest absolute Gasteiger partial charge is 0.494 e. The summed E-state index contributed by atoms with van der Waals surface area (Å²) in [4.78, 5) is 33.4. The van der Waals surface area contributed by atoms with Gasteiger partial charge in [0.1, 0.15) is 17.2 Å². The molecular formula is C25H26O7. The van der Waals surface area contributed by atoms with E-state index in [4.69, 9.17) is 18.9 Å². The molecule has 0 atom stereocenters. The molecule has 0 bridgehead atoms. The van der Waals surface area contributed by atoms with Gasteiger partial charge < -0.3 is 18.9 Å². The second-order valence-electron chi connectivity index (χ2n) is 6.75. The fourth-order valence-corrected chi connectivity index (χ4v) is 2.65. The van der Waals surface area contributed by atoms with E-state index in [1.54, 1.807) is 31.2 Å². The first kappa shape index (κ1) is 24.4. The van der Waals surface area contributed by atoms with Gasteiger partial charge >= 0.3 is 11.9 Å². The van der Waals surface area contributed by atoms with E-state index in [1.165, 1.54) is 6.08 Å². The average molecular weight is 438 g/mol. The van der Waals surface area contributed by atoms with E-state index in [1.807, 2.05) is 24.3 Å². The monoisotopic (exact) mass is 438 g/mol. The van der Waals surface area contributed by atoms with Crippen molar-refractivity contribution in [1.82, 2.24) is 0 Å². The molecule has 0 spiro atoms. The smallest absolute Gasteiger partial charge is 0.336 e. The molecule has 0 aliphatic rings. The Morgan fingerprint density at radius 3 is 2.34 bits per heavy atom. The summed E-state index contributed by atoms with van der Waals surface area (Å²) in [5.74, 6) is 0.579. The van der Waals surface area contributed by atoms with E-state index in [-0.39, 0.29) is 0 Å². The molecule has 7 nitrogen and oxygen atoms in total. The van der Waals surface area contributed by atoms with Crippen LogP contribution in [0.3, 0.4) is 0 Å². The molecule has 0 fully saturated rings. The van der Waals surface area contributed by atoms with Crippen LogP contribution >= 0.6 is 0 Å². The van der Waals surface area contributed by atoms with Crippen molar-refractivity contribution in [2.24, 2.45) is 0 Å². The van der Waals surface area contributed by atoms with Gasteiger partial charge in [0.2, 0.25) is 0 Å². The molecule has 0 saturated carbocycles. The van der Waals surface area contributed by atoms with Gasteiger partial charge in [-0.2, -0.15) is 0 Å². The number of unbranched alkanes of at least 4 members (excludes halogenated alkanes) is 2. The third-order valence-electron chi connectivity index (χ3n) is 4.30. The number of hydrogen-bond acceptors (Lipinski definition) is 7. The third kappa shape index (κ3) is 8.87. The highest BCUT2D eigenvalue weighted by molar-refractivity contribution is 5.88. The predicted molar refractivity (Wildman–Crippen MR) is 119 cm³/mol. The maximum atomic E-state index is 12.1. The van der Waals surface area contributed by atoms with Crippen molar-refractivity contribution in [2.75, 3.05) is 13.2 Å². The van der Waals surface area contributed by atoms with Crippen LogP contribution in [0.25, 0.3) is 6.08 Å². The van der Waals surface area contributed by atoms with Crippen molar-refractivity contribution in [1.29, 1.82) is 0 Å². The van der Waals surface area contributed by atoms with Gasteiger partial charge in [0.25, 0.3) is 6.47 Å². The second-order valence-corrected chi connectivity index (χ2v) is 6.75. The van der Waals surface area contributed by atoms with E-state index in [9.17, 15) is 14.4 Å². The van der Waals surface area contributed by atoms with Crippen molar-refractivity contribution in [3.8, 4) is 17.2 Å². The summed E-state index contributed by atoms with van der Waals surface area (Å²) in [6, 6.07) is 12.1. The summed E-state index contributed by atoms with van der Waals surface area (Å²) in [5, 5.41) is 0. The standard InChI is InChI=1S/C25H26O7/c1-3-24(27)30-16-6-4-5-15-29-21-10-7-20(8-11-21)9-14-25(28)32-23-13-12-22(31-18-26)17-19(23)2/h3,7-14,17-18H,1,4-6,15-16H2,2H3/b14-9+. The summed E-state index contributed by atoms with van der Waals surface area (Å²) in [7, 11) is 0. The predicted octanol–water partition coefficient (Wildman–Crippen LogP) is 4.43. The Morgan fingerprint density at radius 2 is 1.66 bits per heavy atom. The molecule has 0 saturated heterocycles. The van der Waals surface area contributed by atoms with Crippen LogP contribution in [0.1, 0.15) is 30.4 Å². The molecule has 7 heteroatoms. The minimum atomic E-state index is -0.517. The van der Waals surface area contributed by atoms with Crippen LogP contribution in [0.4, 0.5) is 0 Å². The minimum Gasteiger partial charge on any atom is -0.494 e. The summed E-state index contributed by atoms with van der Waals surface area (Å²) < 4.78 is 20.7. The zero-order chi connectivity index (χ0) is 23.2. The lowest BCUT2D eigenvalue weighted by atomic mass is 10.2. The van der Waals surface area contributed by atoms with E-state index in [2.05, 4.69) is 6.58 Å². The lowest BCUT2D eigenvalue weighted by molar-refractivity contribution is -0.137. The Kier molecular flexibility index (Phi) is 10.2. The number of aryl methyl sites for hydroxylation is 1. The van der Waals surface area contributed by atoms with Crippen LogP contribution in [0.5, 0.6) is 17.2 Å². The summed E-state index contributed by atoms with van der Waals surface area (Å²) in [6.07, 6.45) is 6.65. The Bertz CT molecular complexity index is 945. The Hall–Kier alpha value is -3.87. The molecule has 0 amide bonds. The highest BCUT2D eigenvalue weighted by Crippen LogP contribution is 2.23. The quantitative estimate of drug-likeness (QED) is 0.150. The Labute approximate surface area is 187 Å². The first-order valence-electron chi connectivity index (χ1n) is 10.1. The molecule has 0 N–H and O–H groups in total. The average Bonchev–Trinajstić information content (AvgIpc) is 2.79. The zero-order valence-corrected chi connectivity index (χ0v) is 18.0. The van der Waals surface area contributed by atoms with Crippen LogP contribution in [0, 0.1) is 6.92 Å². The Morgan fingerprint density at radius 1 is 0.938 bits per heavy atom. The van der Waals surface area contributed by atoms with Crippen LogP contribution in [-0.2, 0) is 19.1 Å². The highest BCUT2D eigenvalue weighted by atomic mass is 16.5. The van der Waals surface area contributed by atoms with Crippen LogP contribution < -0.4 is 14.2 Å². The SMILES string of the molecule is C=CC(=O)OCCCCCOc1ccc(/C=C/C(=O)Oc2ccc(OC=O)cc2C)cc1. The maximum absolute atomic E-state index is 12.1. The van der Waals surface area contributed by atoms with Crippen molar-refractivity contribution >= 4 is 24.5 Å². The molecular weight excluding hydrogens is 412 g/mol. The lowest BCUT2D eigenvalue weighted by Crippen LogP contribution is -2.05. The molecule has 0 aliphatic carbocycles. The van der Waals surface area contributed by atoms with Crippen LogP contribution in [0.15, 0.2) is 61.2 Å². The minimum absolute atomic E-state index is 0.339. The maximum Gasteiger partial charge on any atom is 0.336 e. The molecule has 32 heavy (non-hydrogen) atoms. The van der Waals surface area contributed by atoms with Gasteiger partial charge in [-0.15, -0.1) is 0 Å². The first-order valence-corrected chi connectivity index (χ1v) is 10.1. The Balaban J connectivity index is 1.72. The second kappa shape index (κ2) is 13.4. The number of benzene rings is 2. The summed E-state index contributed by atoms with van der Waals surface area (Å²) in [5.41, 5.74) is 1.50. The number of hydrogen-bond donors (Lipinski definition) is 0. The normalized spacial score (nSPS) is 10.4. The fourth-order valence-electron chi connectivity index (χ4n) is 2.65. The molecule has 0 radical (unpaired) electrons. The van der Waals surface area contributed by atoms with Crippen molar-refractivity contribution < 1.29 is 33.3 Å². The fraction of sp³-hybridized carbons (Fsp3) is 0.240. The van der Waals surface area contributed by atoms with Gasteiger partial charge in [0.15, 0.2) is 0 Å². The van der Waals surface area contributed by atoms with E-state index >= 15 is 0 Å². The molecule has 2 aromatic carbocycles. The number of carbonyl (C=O) groups excluding carboxylic acids is 3. The van der Waals surface area contributed by atoms with Gasteiger partial charge in [-0.05, 0) is 73.7 Å². The van der Waals surface area contributed by atoms with E-state index in [0.717, 1.165) is 36.7 Å². The molecule has 0 aromatic heterocycles. The highest BCUT2D eigenvalue weighted by Gasteiger charge is 2.06. The van der Waals surface area contributed by atoms with Crippen LogP contribution in [0.2, 0.25) is 0 Å². The van der Waals surface area contributed by atoms with Crippen molar-refractivity contribution in [2.45, 2.75) is 26.2 Å². The first-order chi connectivity index (χ1) is 15.5. The topological polar surface area (TPSA) is 88.1 Å². The molecule has 0 heterocycles. The lowest BCUT2D eigenvalue weighted by Gasteiger charge is -2.07. The number of carbonyl (C=O) groups is 3. The van der Waals surface area contributed by atoms with E-state index < -0.39 is 11.9 Å². The van der Waals surface area contributed by atoms with Gasteiger partial charge in [0.05, 0.1) is 13.2 Å². The number of ether oxygens (including phenoxy) is 4. The summed E-state index contributed by atoms with van der Waals surface area (Å²) >= 11 is 0. The molecule has 0 unspecified atom stereocenters. The number of rotatable bonds is 13. The molecule has 0 aliphatic heterocycles. The van der Waals surface area contributed by atoms with Crippen molar-refractivity contribution in [3.05, 3.63) is 72.3 Å². The molecule has 2 rings (SSSR count). The van der Waals surface area contributed by atoms with Gasteiger partial charge in [-0.1, -0.05) is 18.7 Å². The van der Waals surface area contributed by atoms with Gasteiger partial charge in [0, 0.05) is 12.2 Å². The molecule has 168 valence electrons. The van der Waals surface area contributed by atoms with Crippen LogP contribution in [-0.4, -0.2) is 31.6 Å². The van der Waals surface area contributed by atoms with Gasteiger partial charge in [-0.3, -0.25) is 4.79 Å². The van der Waals surface area contributed by atoms with Crippen molar-refractivity contribution in [3.63, 3.8) is 0 Å². The third-order valence-corrected chi connectivity index (χ3v) is 4.30. The molecule has 2 aromatic rings. The van der Waals surface area contributed by atoms with Gasteiger partial charge in [-0.25, -0.2) is 9.59 Å². The summed E-state index contributed by atoms with van der Waals surface area (Å²) in [6.45, 7) is 6.38. The number of esters is 2. The van der Waals surface area contributed by atoms with E-state index in [0.29, 0.717) is 36.7 Å².